The first-order valence-electron chi connectivity index (χ1n) is 7.41. The molecule has 110 valence electrons. The molecule has 1 saturated heterocycles. The van der Waals surface area contributed by atoms with Gasteiger partial charge in [0.25, 0.3) is 0 Å². The van der Waals surface area contributed by atoms with Crippen LogP contribution in [-0.2, 0) is 11.2 Å². The molecular formula is C16H23BrN2O. The Kier molecular flexibility index (Phi) is 6.05. The van der Waals surface area contributed by atoms with Crippen molar-refractivity contribution in [2.75, 3.05) is 26.2 Å². The summed E-state index contributed by atoms with van der Waals surface area (Å²) in [7, 11) is 0. The van der Waals surface area contributed by atoms with Gasteiger partial charge in [-0.25, -0.2) is 0 Å². The fourth-order valence-electron chi connectivity index (χ4n) is 2.74. The largest absolute Gasteiger partial charge is 0.355 e. The van der Waals surface area contributed by atoms with Crippen LogP contribution in [0.4, 0.5) is 0 Å². The normalized spacial score (nSPS) is 19.8. The van der Waals surface area contributed by atoms with Crippen LogP contribution in [0.3, 0.4) is 0 Å². The number of nitrogens with zero attached hydrogens (tertiary/aromatic N) is 1. The number of piperidine rings is 1. The maximum Gasteiger partial charge on any atom is 0.224 e. The average molecular weight is 339 g/mol. The zero-order chi connectivity index (χ0) is 14.4. The number of nitrogens with one attached hydrogen (secondary N) is 1. The van der Waals surface area contributed by atoms with E-state index in [-0.39, 0.29) is 5.91 Å². The summed E-state index contributed by atoms with van der Waals surface area (Å²) in [6, 6.07) is 7.90. The second-order valence-electron chi connectivity index (χ2n) is 5.47. The van der Waals surface area contributed by atoms with Crippen LogP contribution >= 0.6 is 15.9 Å². The summed E-state index contributed by atoms with van der Waals surface area (Å²) in [5, 5.41) is 3.09. The van der Waals surface area contributed by atoms with Crippen molar-refractivity contribution in [3.8, 4) is 0 Å². The van der Waals surface area contributed by atoms with Gasteiger partial charge in [-0.05, 0) is 43.5 Å². The number of likely N-dealkylation sites (tertiary alicyclic amines) is 1. The van der Waals surface area contributed by atoms with Gasteiger partial charge in [0.2, 0.25) is 5.91 Å². The van der Waals surface area contributed by atoms with Crippen LogP contribution in [0, 0.1) is 5.92 Å². The van der Waals surface area contributed by atoms with E-state index in [1.165, 1.54) is 19.4 Å². The summed E-state index contributed by atoms with van der Waals surface area (Å²) >= 11 is 3.48. The van der Waals surface area contributed by atoms with Crippen LogP contribution in [-0.4, -0.2) is 37.0 Å². The van der Waals surface area contributed by atoms with E-state index < -0.39 is 0 Å². The molecule has 1 N–H and O–H groups in total. The van der Waals surface area contributed by atoms with E-state index in [9.17, 15) is 4.79 Å². The molecule has 1 fully saturated rings. The minimum absolute atomic E-state index is 0.116. The Balaban J connectivity index is 1.76. The van der Waals surface area contributed by atoms with Crippen molar-refractivity contribution >= 4 is 21.8 Å². The monoisotopic (exact) mass is 338 g/mol. The van der Waals surface area contributed by atoms with E-state index in [2.05, 4.69) is 33.1 Å². The van der Waals surface area contributed by atoms with E-state index in [0.29, 0.717) is 12.3 Å². The second-order valence-corrected chi connectivity index (χ2v) is 6.33. The van der Waals surface area contributed by atoms with Crippen molar-refractivity contribution in [1.82, 2.24) is 10.2 Å². The zero-order valence-corrected chi connectivity index (χ0v) is 13.7. The molecule has 0 aromatic heterocycles. The third-order valence-corrected chi connectivity index (χ3v) is 4.72. The lowest BCUT2D eigenvalue weighted by atomic mass is 9.98. The molecule has 1 aromatic carbocycles. The minimum Gasteiger partial charge on any atom is -0.355 e. The highest BCUT2D eigenvalue weighted by molar-refractivity contribution is 9.10. The molecule has 1 amide bonds. The quantitative estimate of drug-likeness (QED) is 0.895. The lowest BCUT2D eigenvalue weighted by Gasteiger charge is -2.31. The highest BCUT2D eigenvalue weighted by Gasteiger charge is 2.19. The maximum atomic E-state index is 12.0. The van der Waals surface area contributed by atoms with Gasteiger partial charge >= 0.3 is 0 Å². The molecule has 1 aliphatic heterocycles. The van der Waals surface area contributed by atoms with E-state index in [4.69, 9.17) is 0 Å². The fraction of sp³-hybridized carbons (Fsp3) is 0.562. The van der Waals surface area contributed by atoms with Crippen LogP contribution in [0.2, 0.25) is 0 Å². The number of halogens is 1. The van der Waals surface area contributed by atoms with Gasteiger partial charge < -0.3 is 10.2 Å². The summed E-state index contributed by atoms with van der Waals surface area (Å²) in [5.74, 6) is 0.720. The molecule has 0 unspecified atom stereocenters. The number of hydrogen-bond acceptors (Lipinski definition) is 2. The summed E-state index contributed by atoms with van der Waals surface area (Å²) in [6.07, 6.45) is 2.93. The summed E-state index contributed by atoms with van der Waals surface area (Å²) in [5.41, 5.74) is 1.05. The number of carbonyl (C=O) groups is 1. The molecule has 1 aliphatic rings. The Morgan fingerprint density at radius 1 is 1.45 bits per heavy atom. The van der Waals surface area contributed by atoms with Crippen molar-refractivity contribution in [3.05, 3.63) is 34.3 Å². The molecule has 0 saturated carbocycles. The molecule has 1 atom stereocenters. The van der Waals surface area contributed by atoms with Crippen molar-refractivity contribution in [1.29, 1.82) is 0 Å². The minimum atomic E-state index is 0.116. The van der Waals surface area contributed by atoms with Crippen molar-refractivity contribution in [2.24, 2.45) is 5.92 Å². The number of hydrogen-bond donors (Lipinski definition) is 1. The van der Waals surface area contributed by atoms with Gasteiger partial charge in [-0.3, -0.25) is 4.79 Å². The predicted molar refractivity (Wildman–Crippen MR) is 85.7 cm³/mol. The van der Waals surface area contributed by atoms with Crippen LogP contribution in [0.15, 0.2) is 28.7 Å². The Bertz CT molecular complexity index is 450. The van der Waals surface area contributed by atoms with E-state index in [0.717, 1.165) is 29.7 Å². The molecule has 20 heavy (non-hydrogen) atoms. The first-order valence-corrected chi connectivity index (χ1v) is 8.20. The molecule has 2 rings (SSSR count). The summed E-state index contributed by atoms with van der Waals surface area (Å²) in [6.45, 7) is 6.44. The maximum absolute atomic E-state index is 12.0. The molecule has 3 nitrogen and oxygen atoms in total. The summed E-state index contributed by atoms with van der Waals surface area (Å²) < 4.78 is 1.00. The number of carbonyl (C=O) groups excluding carboxylic acids is 1. The van der Waals surface area contributed by atoms with Gasteiger partial charge in [0, 0.05) is 17.6 Å². The predicted octanol–water partition coefficient (Wildman–Crippen LogP) is 2.84. The number of benzene rings is 1. The zero-order valence-electron chi connectivity index (χ0n) is 12.1. The van der Waals surface area contributed by atoms with E-state index in [1.807, 2.05) is 24.3 Å². The Hall–Kier alpha value is -0.870. The van der Waals surface area contributed by atoms with Crippen molar-refractivity contribution in [3.63, 3.8) is 0 Å². The molecule has 4 heteroatoms. The molecule has 1 aromatic rings. The second kappa shape index (κ2) is 7.79. The van der Waals surface area contributed by atoms with Crippen LogP contribution in [0.5, 0.6) is 0 Å². The molecule has 0 spiro atoms. The first-order chi connectivity index (χ1) is 9.69. The molecule has 1 heterocycles. The lowest BCUT2D eigenvalue weighted by molar-refractivity contribution is -0.120. The van der Waals surface area contributed by atoms with Gasteiger partial charge in [-0.15, -0.1) is 0 Å². The van der Waals surface area contributed by atoms with E-state index >= 15 is 0 Å². The van der Waals surface area contributed by atoms with Gasteiger partial charge in [0.05, 0.1) is 6.42 Å². The smallest absolute Gasteiger partial charge is 0.224 e. The Morgan fingerprint density at radius 2 is 2.25 bits per heavy atom. The topological polar surface area (TPSA) is 32.3 Å². The van der Waals surface area contributed by atoms with Crippen LogP contribution in [0.1, 0.15) is 25.3 Å². The highest BCUT2D eigenvalue weighted by atomic mass is 79.9. The van der Waals surface area contributed by atoms with Gasteiger partial charge in [-0.1, -0.05) is 41.1 Å². The highest BCUT2D eigenvalue weighted by Crippen LogP contribution is 2.17. The van der Waals surface area contributed by atoms with Gasteiger partial charge in [-0.2, -0.15) is 0 Å². The number of rotatable bonds is 5. The lowest BCUT2D eigenvalue weighted by Crippen LogP contribution is -2.41. The molecular weight excluding hydrogens is 316 g/mol. The van der Waals surface area contributed by atoms with E-state index in [1.54, 1.807) is 0 Å². The fourth-order valence-corrected chi connectivity index (χ4v) is 3.17. The molecule has 0 bridgehead atoms. The van der Waals surface area contributed by atoms with Gasteiger partial charge in [0.15, 0.2) is 0 Å². The Morgan fingerprint density at radius 3 is 3.00 bits per heavy atom. The van der Waals surface area contributed by atoms with Crippen molar-refractivity contribution in [2.45, 2.75) is 26.2 Å². The van der Waals surface area contributed by atoms with Crippen molar-refractivity contribution < 1.29 is 4.79 Å². The first kappa shape index (κ1) is 15.5. The molecule has 0 radical (unpaired) electrons. The van der Waals surface area contributed by atoms with Crippen LogP contribution in [0.25, 0.3) is 0 Å². The average Bonchev–Trinajstić information content (AvgIpc) is 2.48. The third-order valence-electron chi connectivity index (χ3n) is 3.95. The third kappa shape index (κ3) is 4.60. The van der Waals surface area contributed by atoms with Crippen LogP contribution < -0.4 is 5.32 Å². The van der Waals surface area contributed by atoms with Gasteiger partial charge in [0.1, 0.15) is 0 Å². The summed E-state index contributed by atoms with van der Waals surface area (Å²) in [4.78, 5) is 14.5. The Labute approximate surface area is 129 Å². The molecule has 0 aliphatic carbocycles. The standard InChI is InChI=1S/C16H23BrN2O/c1-2-19-9-5-6-13(12-19)11-18-16(20)10-14-7-3-4-8-15(14)17/h3-4,7-8,13H,2,5-6,9-12H2,1H3,(H,18,20)/t13-/m1/s1. The number of amides is 1. The SMILES string of the molecule is CCN1CCC[C@H](CNC(=O)Cc2ccccc2Br)C1.